The Bertz CT molecular complexity index is 2710. The van der Waals surface area contributed by atoms with Crippen LogP contribution < -0.4 is 0 Å². The molecule has 0 saturated heterocycles. The van der Waals surface area contributed by atoms with Crippen LogP contribution in [0, 0.1) is 0 Å². The Morgan fingerprint density at radius 2 is 0.979 bits per heavy atom. The van der Waals surface area contributed by atoms with Crippen molar-refractivity contribution in [2.75, 3.05) is 0 Å². The minimum atomic E-state index is 0.0494. The van der Waals surface area contributed by atoms with Gasteiger partial charge in [0.1, 0.15) is 11.2 Å². The molecule has 0 saturated carbocycles. The molecule has 0 aliphatic heterocycles. The molecule has 0 amide bonds. The maximum atomic E-state index is 7.17. The molecule has 0 unspecified atom stereocenters. The average molecular weight is 615 g/mol. The van der Waals surface area contributed by atoms with Crippen LogP contribution in [-0.4, -0.2) is 0 Å². The lowest BCUT2D eigenvalue weighted by Crippen LogP contribution is -2.22. The van der Waals surface area contributed by atoms with E-state index in [1.807, 2.05) is 0 Å². The highest BCUT2D eigenvalue weighted by Gasteiger charge is 2.40. The van der Waals surface area contributed by atoms with Crippen molar-refractivity contribution in [1.82, 2.24) is 0 Å². The molecule has 10 rings (SSSR count). The van der Waals surface area contributed by atoms with Crippen molar-refractivity contribution >= 4 is 54.3 Å². The van der Waals surface area contributed by atoms with Gasteiger partial charge in [0.05, 0.1) is 0 Å². The summed E-state index contributed by atoms with van der Waals surface area (Å²) in [5, 5.41) is 9.73. The van der Waals surface area contributed by atoms with Crippen LogP contribution in [0.15, 0.2) is 150 Å². The summed E-state index contributed by atoms with van der Waals surface area (Å²) < 4.78 is 7.17. The molecule has 1 aliphatic carbocycles. The molecule has 1 heteroatoms. The average Bonchev–Trinajstić information content (AvgIpc) is 3.68. The van der Waals surface area contributed by atoms with Crippen molar-refractivity contribution in [3.63, 3.8) is 0 Å². The third-order valence-corrected chi connectivity index (χ3v) is 11.3. The Balaban J connectivity index is 1.32. The van der Waals surface area contributed by atoms with E-state index in [1.165, 1.54) is 71.3 Å². The summed E-state index contributed by atoms with van der Waals surface area (Å²) in [4.78, 5) is 0. The predicted molar refractivity (Wildman–Crippen MR) is 204 cm³/mol. The third-order valence-electron chi connectivity index (χ3n) is 11.3. The van der Waals surface area contributed by atoms with Crippen molar-refractivity contribution < 1.29 is 4.42 Å². The normalized spacial score (nSPS) is 13.5. The van der Waals surface area contributed by atoms with Crippen LogP contribution in [0.1, 0.15) is 37.8 Å². The predicted octanol–water partition coefficient (Wildman–Crippen LogP) is 13.5. The van der Waals surface area contributed by atoms with Crippen LogP contribution in [-0.2, 0) is 5.41 Å². The molecule has 0 radical (unpaired) electrons. The van der Waals surface area contributed by atoms with Gasteiger partial charge in [-0.1, -0.05) is 135 Å². The quantitative estimate of drug-likeness (QED) is 0.180. The third kappa shape index (κ3) is 3.62. The first kappa shape index (κ1) is 27.5. The van der Waals surface area contributed by atoms with Gasteiger partial charge in [-0.25, -0.2) is 0 Å². The van der Waals surface area contributed by atoms with Gasteiger partial charge >= 0.3 is 0 Å². The molecule has 1 aromatic heterocycles. The molecule has 0 N–H and O–H groups in total. The second kappa shape index (κ2) is 10.2. The molecule has 8 aromatic carbocycles. The first-order valence-corrected chi connectivity index (χ1v) is 17.2. The van der Waals surface area contributed by atoms with E-state index >= 15 is 0 Å². The van der Waals surface area contributed by atoms with Crippen LogP contribution in [0.3, 0.4) is 0 Å². The first-order valence-electron chi connectivity index (χ1n) is 17.2. The molecule has 0 spiro atoms. The van der Waals surface area contributed by atoms with Crippen molar-refractivity contribution in [1.29, 1.82) is 0 Å². The molecular weight excluding hydrogens is 581 g/mol. The van der Waals surface area contributed by atoms with Gasteiger partial charge in [0.15, 0.2) is 0 Å². The maximum Gasteiger partial charge on any atom is 0.143 e. The molecule has 1 heterocycles. The van der Waals surface area contributed by atoms with Gasteiger partial charge in [-0.15, -0.1) is 0 Å². The van der Waals surface area contributed by atoms with Crippen LogP contribution >= 0.6 is 0 Å². The molecule has 0 bridgehead atoms. The fourth-order valence-electron chi connectivity index (χ4n) is 8.98. The lowest BCUT2D eigenvalue weighted by atomic mass is 9.74. The zero-order valence-electron chi connectivity index (χ0n) is 27.2. The fourth-order valence-corrected chi connectivity index (χ4v) is 8.98. The SMILES string of the molecule is CCC1(CC)c2ccccc2-c2cc(-c3cc(-c4ccccc4)cc4c3oc3c4ccc4c5ccccc5c5ccccc5c43)ccc21. The van der Waals surface area contributed by atoms with E-state index in [1.54, 1.807) is 0 Å². The maximum absolute atomic E-state index is 7.17. The molecule has 0 fully saturated rings. The first-order chi connectivity index (χ1) is 23.7. The van der Waals surface area contributed by atoms with Gasteiger partial charge in [-0.3, -0.25) is 0 Å². The van der Waals surface area contributed by atoms with Gasteiger partial charge in [0, 0.05) is 27.1 Å². The van der Waals surface area contributed by atoms with Crippen LogP contribution in [0.2, 0.25) is 0 Å². The number of hydrogen-bond acceptors (Lipinski definition) is 1. The number of fused-ring (bicyclic) bond motifs is 13. The molecular formula is C47H34O. The summed E-state index contributed by atoms with van der Waals surface area (Å²) in [5.41, 5.74) is 12.3. The van der Waals surface area contributed by atoms with Crippen LogP contribution in [0.4, 0.5) is 0 Å². The topological polar surface area (TPSA) is 13.1 Å². The van der Waals surface area contributed by atoms with E-state index in [2.05, 4.69) is 159 Å². The highest BCUT2D eigenvalue weighted by molar-refractivity contribution is 6.32. The van der Waals surface area contributed by atoms with Crippen LogP contribution in [0.5, 0.6) is 0 Å². The Morgan fingerprint density at radius 1 is 0.396 bits per heavy atom. The number of rotatable bonds is 4. The van der Waals surface area contributed by atoms with E-state index < -0.39 is 0 Å². The zero-order chi connectivity index (χ0) is 32.0. The van der Waals surface area contributed by atoms with Crippen molar-refractivity contribution in [2.45, 2.75) is 32.1 Å². The van der Waals surface area contributed by atoms with Gasteiger partial charge in [-0.2, -0.15) is 0 Å². The standard InChI is InChI=1S/C47H34O/c1-3-47(4-2)42-21-13-12-19-35(42)40-26-30(22-25-43(40)47)39-27-31(29-14-6-5-7-15-29)28-41-38-24-23-37-34-18-9-8-16-32(34)33-17-10-11-20-36(33)44(37)46(38)48-45(39)41/h5-28H,3-4H2,1-2H3. The van der Waals surface area contributed by atoms with Gasteiger partial charge in [-0.05, 0) is 103 Å². The Labute approximate surface area is 280 Å². The largest absolute Gasteiger partial charge is 0.455 e. The van der Waals surface area contributed by atoms with Gasteiger partial charge < -0.3 is 4.42 Å². The minimum absolute atomic E-state index is 0.0494. The zero-order valence-corrected chi connectivity index (χ0v) is 27.2. The minimum Gasteiger partial charge on any atom is -0.455 e. The summed E-state index contributed by atoms with van der Waals surface area (Å²) >= 11 is 0. The molecule has 48 heavy (non-hydrogen) atoms. The Hall–Kier alpha value is -5.66. The highest BCUT2D eigenvalue weighted by atomic mass is 16.3. The summed E-state index contributed by atoms with van der Waals surface area (Å²) in [6, 6.07) is 53.7. The summed E-state index contributed by atoms with van der Waals surface area (Å²) in [6.07, 6.45) is 2.17. The van der Waals surface area contributed by atoms with Crippen molar-refractivity contribution in [3.8, 4) is 33.4 Å². The van der Waals surface area contributed by atoms with E-state index in [-0.39, 0.29) is 5.41 Å². The monoisotopic (exact) mass is 614 g/mol. The van der Waals surface area contributed by atoms with E-state index in [0.29, 0.717) is 0 Å². The van der Waals surface area contributed by atoms with Crippen molar-refractivity contribution in [2.24, 2.45) is 0 Å². The number of hydrogen-bond donors (Lipinski definition) is 0. The number of benzene rings is 8. The molecule has 1 nitrogen and oxygen atoms in total. The van der Waals surface area contributed by atoms with Gasteiger partial charge in [0.25, 0.3) is 0 Å². The fraction of sp³-hybridized carbons (Fsp3) is 0.106. The summed E-state index contributed by atoms with van der Waals surface area (Å²) in [5.74, 6) is 0. The highest BCUT2D eigenvalue weighted by Crippen LogP contribution is 2.54. The molecule has 9 aromatic rings. The number of furan rings is 1. The van der Waals surface area contributed by atoms with E-state index in [0.717, 1.165) is 40.3 Å². The van der Waals surface area contributed by atoms with Crippen LogP contribution in [0.25, 0.3) is 87.6 Å². The Kier molecular flexibility index (Phi) is 5.82. The second-order valence-corrected chi connectivity index (χ2v) is 13.4. The van der Waals surface area contributed by atoms with Gasteiger partial charge in [0.2, 0.25) is 0 Å². The Morgan fingerprint density at radius 3 is 1.73 bits per heavy atom. The molecule has 0 atom stereocenters. The summed E-state index contributed by atoms with van der Waals surface area (Å²) in [6.45, 7) is 4.67. The molecule has 228 valence electrons. The van der Waals surface area contributed by atoms with E-state index in [4.69, 9.17) is 4.42 Å². The van der Waals surface area contributed by atoms with Crippen molar-refractivity contribution in [3.05, 3.63) is 157 Å². The lowest BCUT2D eigenvalue weighted by Gasteiger charge is -2.29. The molecule has 1 aliphatic rings. The smallest absolute Gasteiger partial charge is 0.143 e. The summed E-state index contributed by atoms with van der Waals surface area (Å²) in [7, 11) is 0. The lowest BCUT2D eigenvalue weighted by molar-refractivity contribution is 0.490. The van der Waals surface area contributed by atoms with E-state index in [9.17, 15) is 0 Å². The second-order valence-electron chi connectivity index (χ2n) is 13.4.